The summed E-state index contributed by atoms with van der Waals surface area (Å²) in [5.74, 6) is 1.61. The zero-order chi connectivity index (χ0) is 16.2. The summed E-state index contributed by atoms with van der Waals surface area (Å²) in [5, 5.41) is 10.3. The van der Waals surface area contributed by atoms with Crippen LogP contribution in [-0.2, 0) is 13.1 Å². The zero-order valence-corrected chi connectivity index (χ0v) is 14.2. The molecule has 6 nitrogen and oxygen atoms in total. The maximum atomic E-state index is 12.1. The van der Waals surface area contributed by atoms with Crippen LogP contribution in [0.15, 0.2) is 29.2 Å². The molecule has 0 aliphatic carbocycles. The van der Waals surface area contributed by atoms with Gasteiger partial charge in [-0.2, -0.15) is 5.10 Å². The van der Waals surface area contributed by atoms with E-state index in [9.17, 15) is 4.79 Å². The maximum absolute atomic E-state index is 12.1. The Kier molecular flexibility index (Phi) is 4.85. The molecule has 2 N–H and O–H groups in total. The van der Waals surface area contributed by atoms with Crippen molar-refractivity contribution in [3.8, 4) is 0 Å². The van der Waals surface area contributed by atoms with Gasteiger partial charge in [-0.1, -0.05) is 12.1 Å². The normalized spacial score (nSPS) is 16.7. The number of nitrogens with zero attached hydrogens (tertiary/aromatic N) is 3. The van der Waals surface area contributed by atoms with Crippen molar-refractivity contribution in [3.63, 3.8) is 0 Å². The molecule has 3 rings (SSSR count). The van der Waals surface area contributed by atoms with Gasteiger partial charge in [0.15, 0.2) is 0 Å². The van der Waals surface area contributed by atoms with Crippen molar-refractivity contribution in [1.29, 1.82) is 0 Å². The maximum Gasteiger partial charge on any atom is 0.315 e. The van der Waals surface area contributed by atoms with Crippen LogP contribution in [0, 0.1) is 6.92 Å². The number of benzene rings is 1. The summed E-state index contributed by atoms with van der Waals surface area (Å²) in [5.41, 5.74) is 1.08. The predicted molar refractivity (Wildman–Crippen MR) is 90.3 cm³/mol. The van der Waals surface area contributed by atoms with Gasteiger partial charge in [0.2, 0.25) is 0 Å². The summed E-state index contributed by atoms with van der Waals surface area (Å²) < 4.78 is 1.89. The van der Waals surface area contributed by atoms with Gasteiger partial charge in [-0.3, -0.25) is 0 Å². The van der Waals surface area contributed by atoms with Crippen molar-refractivity contribution in [2.75, 3.05) is 6.26 Å². The quantitative estimate of drug-likeness (QED) is 0.845. The summed E-state index contributed by atoms with van der Waals surface area (Å²) in [6.07, 6.45) is 3.94. The molecule has 0 radical (unpaired) electrons. The molecule has 1 aromatic carbocycles. The molecule has 0 saturated carbocycles. The number of thioether (sulfide) groups is 1. The number of nitrogens with one attached hydrogen (secondary N) is 2. The van der Waals surface area contributed by atoms with Crippen molar-refractivity contribution >= 4 is 17.8 Å². The largest absolute Gasteiger partial charge is 0.334 e. The molecule has 1 aliphatic rings. The SMILES string of the molecule is CSc1ccc(CNC(=O)NC2CCCn3nc(C)nc32)cc1. The average Bonchev–Trinajstić information content (AvgIpc) is 2.95. The Morgan fingerprint density at radius 3 is 2.91 bits per heavy atom. The number of amides is 2. The summed E-state index contributed by atoms with van der Waals surface area (Å²) in [6.45, 7) is 3.26. The second-order valence-corrected chi connectivity index (χ2v) is 6.49. The molecule has 1 unspecified atom stereocenters. The molecule has 7 heteroatoms. The second-order valence-electron chi connectivity index (χ2n) is 5.61. The zero-order valence-electron chi connectivity index (χ0n) is 13.4. The van der Waals surface area contributed by atoms with Crippen LogP contribution in [0.1, 0.15) is 36.1 Å². The van der Waals surface area contributed by atoms with Crippen LogP contribution in [0.4, 0.5) is 4.79 Å². The molecule has 23 heavy (non-hydrogen) atoms. The molecule has 122 valence electrons. The number of hydrogen-bond acceptors (Lipinski definition) is 4. The minimum absolute atomic E-state index is 0.0659. The third-order valence-electron chi connectivity index (χ3n) is 3.90. The molecule has 0 bridgehead atoms. The molecule has 2 heterocycles. The Morgan fingerprint density at radius 2 is 2.17 bits per heavy atom. The highest BCUT2D eigenvalue weighted by molar-refractivity contribution is 7.98. The van der Waals surface area contributed by atoms with Gasteiger partial charge in [-0.25, -0.2) is 14.5 Å². The first-order valence-electron chi connectivity index (χ1n) is 7.74. The number of aromatic nitrogens is 3. The van der Waals surface area contributed by atoms with E-state index >= 15 is 0 Å². The third-order valence-corrected chi connectivity index (χ3v) is 4.64. The van der Waals surface area contributed by atoms with E-state index in [2.05, 4.69) is 32.8 Å². The number of urea groups is 1. The van der Waals surface area contributed by atoms with Crippen LogP contribution in [0.25, 0.3) is 0 Å². The van der Waals surface area contributed by atoms with Crippen LogP contribution < -0.4 is 10.6 Å². The number of fused-ring (bicyclic) bond motifs is 1. The lowest BCUT2D eigenvalue weighted by molar-refractivity contribution is 0.232. The van der Waals surface area contributed by atoms with E-state index in [1.165, 1.54) is 4.90 Å². The Labute approximate surface area is 140 Å². The van der Waals surface area contributed by atoms with Crippen molar-refractivity contribution in [1.82, 2.24) is 25.4 Å². The predicted octanol–water partition coefficient (Wildman–Crippen LogP) is 2.64. The monoisotopic (exact) mass is 331 g/mol. The lowest BCUT2D eigenvalue weighted by Gasteiger charge is -2.23. The minimum Gasteiger partial charge on any atom is -0.334 e. The van der Waals surface area contributed by atoms with Crippen LogP contribution >= 0.6 is 11.8 Å². The van der Waals surface area contributed by atoms with Crippen LogP contribution in [0.2, 0.25) is 0 Å². The molecule has 0 spiro atoms. The number of aryl methyl sites for hydroxylation is 2. The fourth-order valence-electron chi connectivity index (χ4n) is 2.74. The fourth-order valence-corrected chi connectivity index (χ4v) is 3.15. The first-order chi connectivity index (χ1) is 11.2. The minimum atomic E-state index is -0.168. The van der Waals surface area contributed by atoms with Gasteiger partial charge in [0.05, 0.1) is 6.04 Å². The molecule has 1 atom stereocenters. The van der Waals surface area contributed by atoms with Gasteiger partial charge in [0.1, 0.15) is 11.6 Å². The number of carbonyl (C=O) groups excluding carboxylic acids is 1. The first kappa shape index (κ1) is 15.9. The topological polar surface area (TPSA) is 71.8 Å². The highest BCUT2D eigenvalue weighted by Gasteiger charge is 2.24. The Morgan fingerprint density at radius 1 is 1.39 bits per heavy atom. The summed E-state index contributed by atoms with van der Waals surface area (Å²) >= 11 is 1.71. The third kappa shape index (κ3) is 3.85. The molecule has 2 aromatic rings. The van der Waals surface area contributed by atoms with Crippen molar-refractivity contribution in [3.05, 3.63) is 41.5 Å². The Bertz CT molecular complexity index is 682. The molecule has 2 amide bonds. The van der Waals surface area contributed by atoms with Crippen LogP contribution in [0.5, 0.6) is 0 Å². The van der Waals surface area contributed by atoms with Crippen molar-refractivity contribution < 1.29 is 4.79 Å². The van der Waals surface area contributed by atoms with E-state index in [4.69, 9.17) is 0 Å². The lowest BCUT2D eigenvalue weighted by atomic mass is 10.1. The lowest BCUT2D eigenvalue weighted by Crippen LogP contribution is -2.39. The standard InChI is InChI=1S/C16H21N5OS/c1-11-18-15-14(4-3-9-21(15)20-11)19-16(22)17-10-12-5-7-13(23-2)8-6-12/h5-8,14H,3-4,9-10H2,1-2H3,(H2,17,19,22). The smallest absolute Gasteiger partial charge is 0.315 e. The van der Waals surface area contributed by atoms with E-state index in [0.717, 1.165) is 36.6 Å². The van der Waals surface area contributed by atoms with Gasteiger partial charge in [-0.15, -0.1) is 11.8 Å². The van der Waals surface area contributed by atoms with Gasteiger partial charge in [-0.05, 0) is 43.7 Å². The molecular formula is C16H21N5OS. The number of hydrogen-bond donors (Lipinski definition) is 2. The van der Waals surface area contributed by atoms with E-state index in [0.29, 0.717) is 6.54 Å². The Hall–Kier alpha value is -2.02. The highest BCUT2D eigenvalue weighted by atomic mass is 32.2. The van der Waals surface area contributed by atoms with Gasteiger partial charge in [0, 0.05) is 18.0 Å². The second kappa shape index (κ2) is 7.04. The Balaban J connectivity index is 1.55. The molecular weight excluding hydrogens is 310 g/mol. The summed E-state index contributed by atoms with van der Waals surface area (Å²) in [4.78, 5) is 17.8. The molecule has 1 aliphatic heterocycles. The highest BCUT2D eigenvalue weighted by Crippen LogP contribution is 2.22. The van der Waals surface area contributed by atoms with E-state index in [1.807, 2.05) is 30.0 Å². The fraction of sp³-hybridized carbons (Fsp3) is 0.438. The average molecular weight is 331 g/mol. The van der Waals surface area contributed by atoms with Crippen LogP contribution in [-0.4, -0.2) is 27.1 Å². The molecule has 0 saturated heterocycles. The number of carbonyl (C=O) groups is 1. The summed E-state index contributed by atoms with van der Waals surface area (Å²) in [6, 6.07) is 7.96. The first-order valence-corrected chi connectivity index (χ1v) is 8.97. The molecule has 1 aromatic heterocycles. The van der Waals surface area contributed by atoms with E-state index in [-0.39, 0.29) is 12.1 Å². The van der Waals surface area contributed by atoms with Crippen molar-refractivity contribution in [2.24, 2.45) is 0 Å². The summed E-state index contributed by atoms with van der Waals surface area (Å²) in [7, 11) is 0. The van der Waals surface area contributed by atoms with Gasteiger partial charge in [0.25, 0.3) is 0 Å². The molecule has 0 fully saturated rings. The number of rotatable bonds is 4. The van der Waals surface area contributed by atoms with Gasteiger partial charge >= 0.3 is 6.03 Å². The van der Waals surface area contributed by atoms with Gasteiger partial charge < -0.3 is 10.6 Å². The van der Waals surface area contributed by atoms with Crippen molar-refractivity contribution in [2.45, 2.75) is 43.8 Å². The van der Waals surface area contributed by atoms with Crippen LogP contribution in [0.3, 0.4) is 0 Å². The van der Waals surface area contributed by atoms with E-state index < -0.39 is 0 Å². The van der Waals surface area contributed by atoms with E-state index in [1.54, 1.807) is 11.8 Å².